The van der Waals surface area contributed by atoms with Gasteiger partial charge in [-0.15, -0.1) is 0 Å². The Labute approximate surface area is 218 Å². The number of nitrogens with zero attached hydrogens (tertiary/aromatic N) is 4. The number of nitrogens with one attached hydrogen (secondary N) is 1. The minimum Gasteiger partial charge on any atom is -0.497 e. The highest BCUT2D eigenvalue weighted by molar-refractivity contribution is 5.64. The molecule has 7 nitrogen and oxygen atoms in total. The molecule has 0 atom stereocenters. The van der Waals surface area contributed by atoms with Crippen LogP contribution in [0.3, 0.4) is 0 Å². The second-order valence-electron chi connectivity index (χ2n) is 6.85. The van der Waals surface area contributed by atoms with Crippen LogP contribution in [0.5, 0.6) is 5.75 Å². The van der Waals surface area contributed by atoms with E-state index < -0.39 is 0 Å². The zero-order valence-electron chi connectivity index (χ0n) is 23.8. The molecule has 7 heteroatoms. The molecule has 200 valence electrons. The van der Waals surface area contributed by atoms with Gasteiger partial charge in [-0.1, -0.05) is 66.2 Å². The molecule has 0 bridgehead atoms. The molecule has 0 aliphatic heterocycles. The molecule has 0 aliphatic rings. The lowest BCUT2D eigenvalue weighted by molar-refractivity contribution is -0.109. The molecule has 3 rings (SSSR count). The molecular weight excluding hydrogens is 450 g/mol. The molecule has 0 radical (unpaired) electrons. The first-order valence-corrected chi connectivity index (χ1v) is 12.9. The van der Waals surface area contributed by atoms with Crippen molar-refractivity contribution in [3.8, 4) is 16.9 Å². The van der Waals surface area contributed by atoms with Crippen LogP contribution in [-0.4, -0.2) is 40.9 Å². The molecule has 3 aromatic rings. The van der Waals surface area contributed by atoms with Crippen molar-refractivity contribution in [1.29, 1.82) is 0 Å². The lowest BCUT2D eigenvalue weighted by atomic mass is 10.1. The number of carbonyl (C=O) groups is 1. The Bertz CT molecular complexity index is 980. The van der Waals surface area contributed by atoms with E-state index in [1.54, 1.807) is 17.8 Å². The highest BCUT2D eigenvalue weighted by atomic mass is 16.5. The Hall–Kier alpha value is -3.48. The normalized spacial score (nSPS) is 9.86. The smallest absolute Gasteiger partial charge is 0.207 e. The average Bonchev–Trinajstić information content (AvgIpc) is 3.43. The van der Waals surface area contributed by atoms with E-state index in [1.807, 2.05) is 89.8 Å². The molecule has 1 amide bonds. The second kappa shape index (κ2) is 24.6. The molecule has 2 heterocycles. The summed E-state index contributed by atoms with van der Waals surface area (Å²) < 4.78 is 6.96. The van der Waals surface area contributed by atoms with Crippen LogP contribution >= 0.6 is 0 Å². The van der Waals surface area contributed by atoms with Gasteiger partial charge in [0.2, 0.25) is 6.41 Å². The number of benzene rings is 1. The van der Waals surface area contributed by atoms with Gasteiger partial charge in [0.15, 0.2) is 5.65 Å². The maximum atomic E-state index is 9.45. The van der Waals surface area contributed by atoms with Crippen LogP contribution in [0.15, 0.2) is 65.7 Å². The van der Waals surface area contributed by atoms with Gasteiger partial charge in [-0.3, -0.25) is 9.79 Å². The molecular formula is C29H47N5O2. The summed E-state index contributed by atoms with van der Waals surface area (Å²) >= 11 is 0. The zero-order valence-corrected chi connectivity index (χ0v) is 23.8. The maximum absolute atomic E-state index is 9.45. The lowest BCUT2D eigenvalue weighted by Gasteiger charge is -2.04. The van der Waals surface area contributed by atoms with Crippen LogP contribution in [0.25, 0.3) is 16.8 Å². The van der Waals surface area contributed by atoms with Crippen molar-refractivity contribution < 1.29 is 9.53 Å². The summed E-state index contributed by atoms with van der Waals surface area (Å²) in [5.74, 6) is 0.836. The standard InChI is InChI=1S/C13H11N3O.C8H15N.C4H9NO.2C2H6/c1-17-12-4-2-3-10(7-12)11-8-14-13-5-6-15-16(13)9-11;1-4-6-9-7-8(3)5-2;1-2-3-5-4-6;2*1-2/h2-9H,1H3;6-7H,4-5H2,1-3H3;4H,2-3H2,1H3,(H,5,6);2*1-2H3/b;8-7-,9-6?;;;. The zero-order chi connectivity index (χ0) is 27.6. The Kier molecular flexibility index (Phi) is 23.7. The fourth-order valence-electron chi connectivity index (χ4n) is 2.34. The molecule has 36 heavy (non-hydrogen) atoms. The van der Waals surface area contributed by atoms with Crippen LogP contribution in [0.1, 0.15) is 74.7 Å². The van der Waals surface area contributed by atoms with Gasteiger partial charge in [0.25, 0.3) is 0 Å². The minimum absolute atomic E-state index is 0.712. The Morgan fingerprint density at radius 1 is 1.11 bits per heavy atom. The number of rotatable bonds is 8. The number of hydrogen-bond acceptors (Lipinski definition) is 5. The fourth-order valence-corrected chi connectivity index (χ4v) is 2.34. The highest BCUT2D eigenvalue weighted by Gasteiger charge is 2.02. The molecule has 0 unspecified atom stereocenters. The van der Waals surface area contributed by atoms with Crippen molar-refractivity contribution in [3.63, 3.8) is 0 Å². The second-order valence-corrected chi connectivity index (χ2v) is 6.85. The van der Waals surface area contributed by atoms with E-state index in [4.69, 9.17) is 4.74 Å². The van der Waals surface area contributed by atoms with E-state index in [9.17, 15) is 4.79 Å². The van der Waals surface area contributed by atoms with E-state index in [2.05, 4.69) is 41.2 Å². The van der Waals surface area contributed by atoms with E-state index in [0.717, 1.165) is 48.3 Å². The minimum atomic E-state index is 0.712. The summed E-state index contributed by atoms with van der Waals surface area (Å²) in [4.78, 5) is 17.9. The summed E-state index contributed by atoms with van der Waals surface area (Å²) in [5, 5.41) is 6.69. The number of aromatic nitrogens is 3. The van der Waals surface area contributed by atoms with Gasteiger partial charge in [-0.05, 0) is 43.9 Å². The molecule has 0 saturated carbocycles. The summed E-state index contributed by atoms with van der Waals surface area (Å²) in [6.45, 7) is 17.1. The molecule has 2 aromatic heterocycles. The number of hydrogen-bond donors (Lipinski definition) is 1. The molecule has 1 N–H and O–H groups in total. The maximum Gasteiger partial charge on any atom is 0.207 e. The predicted molar refractivity (Wildman–Crippen MR) is 155 cm³/mol. The van der Waals surface area contributed by atoms with Crippen molar-refractivity contribution in [2.45, 2.75) is 74.7 Å². The van der Waals surface area contributed by atoms with Gasteiger partial charge in [0, 0.05) is 43.0 Å². The monoisotopic (exact) mass is 497 g/mol. The van der Waals surface area contributed by atoms with Crippen molar-refractivity contribution in [3.05, 3.63) is 60.7 Å². The van der Waals surface area contributed by atoms with Crippen LogP contribution in [0, 0.1) is 0 Å². The van der Waals surface area contributed by atoms with Gasteiger partial charge in [0.1, 0.15) is 5.75 Å². The molecule has 0 fully saturated rings. The van der Waals surface area contributed by atoms with Crippen molar-refractivity contribution >= 4 is 18.3 Å². The number of methoxy groups -OCH3 is 1. The lowest BCUT2D eigenvalue weighted by Crippen LogP contribution is -2.10. The van der Waals surface area contributed by atoms with E-state index in [0.29, 0.717) is 6.41 Å². The third kappa shape index (κ3) is 15.4. The molecule has 0 aliphatic carbocycles. The topological polar surface area (TPSA) is 80.9 Å². The first kappa shape index (κ1) is 34.7. The largest absolute Gasteiger partial charge is 0.497 e. The SMILES string of the molecule is CC.CC.CCC=N/C=C(/C)CC.CCCNC=O.COc1cccc(-c2cnc3ccnn3c2)c1. The van der Waals surface area contributed by atoms with Gasteiger partial charge in [-0.2, -0.15) is 5.10 Å². The van der Waals surface area contributed by atoms with Gasteiger partial charge in [-0.25, -0.2) is 9.50 Å². The quantitative estimate of drug-likeness (QED) is 0.200. The Balaban J connectivity index is 0. The number of aliphatic imine (C=N–C) groups is 1. The highest BCUT2D eigenvalue weighted by Crippen LogP contribution is 2.23. The van der Waals surface area contributed by atoms with E-state index in [1.165, 1.54) is 5.57 Å². The fraction of sp³-hybridized carbons (Fsp3) is 0.448. The predicted octanol–water partition coefficient (Wildman–Crippen LogP) is 7.38. The summed E-state index contributed by atoms with van der Waals surface area (Å²) in [7, 11) is 1.66. The average molecular weight is 498 g/mol. The van der Waals surface area contributed by atoms with Crippen molar-refractivity contribution in [2.24, 2.45) is 4.99 Å². The molecule has 0 spiro atoms. The van der Waals surface area contributed by atoms with E-state index in [-0.39, 0.29) is 0 Å². The van der Waals surface area contributed by atoms with E-state index >= 15 is 0 Å². The molecule has 1 aromatic carbocycles. The third-order valence-electron chi connectivity index (χ3n) is 4.27. The van der Waals surface area contributed by atoms with Crippen LogP contribution in [-0.2, 0) is 4.79 Å². The number of amides is 1. The van der Waals surface area contributed by atoms with Crippen molar-refractivity contribution in [2.75, 3.05) is 13.7 Å². The summed E-state index contributed by atoms with van der Waals surface area (Å²) in [6.07, 6.45) is 13.2. The van der Waals surface area contributed by atoms with Crippen LogP contribution < -0.4 is 10.1 Å². The van der Waals surface area contributed by atoms with Gasteiger partial charge in [0.05, 0.1) is 13.3 Å². The first-order chi connectivity index (χ1) is 17.6. The number of allylic oxidation sites excluding steroid dienone is 1. The van der Waals surface area contributed by atoms with Gasteiger partial charge < -0.3 is 10.1 Å². The van der Waals surface area contributed by atoms with Crippen LogP contribution in [0.4, 0.5) is 0 Å². The Morgan fingerprint density at radius 3 is 2.39 bits per heavy atom. The summed E-state index contributed by atoms with van der Waals surface area (Å²) in [6, 6.07) is 9.75. The van der Waals surface area contributed by atoms with Gasteiger partial charge >= 0.3 is 0 Å². The summed E-state index contributed by atoms with van der Waals surface area (Å²) in [5.41, 5.74) is 4.26. The third-order valence-corrected chi connectivity index (χ3v) is 4.27. The number of carbonyl (C=O) groups excluding carboxylic acids is 1. The molecule has 0 saturated heterocycles. The number of ether oxygens (including phenoxy) is 1. The Morgan fingerprint density at radius 2 is 1.83 bits per heavy atom. The number of fused-ring (bicyclic) bond motifs is 1. The van der Waals surface area contributed by atoms with Crippen molar-refractivity contribution in [1.82, 2.24) is 19.9 Å². The first-order valence-electron chi connectivity index (χ1n) is 12.9. The van der Waals surface area contributed by atoms with Crippen LogP contribution in [0.2, 0.25) is 0 Å².